The maximum atomic E-state index is 6.27. The summed E-state index contributed by atoms with van der Waals surface area (Å²) in [6, 6.07) is 21.6. The van der Waals surface area contributed by atoms with Gasteiger partial charge in [0.05, 0.1) is 12.2 Å². The van der Waals surface area contributed by atoms with Crippen LogP contribution >= 0.6 is 24.0 Å². The van der Waals surface area contributed by atoms with Crippen LogP contribution in [0.15, 0.2) is 60.7 Å². The third-order valence-electron chi connectivity index (χ3n) is 6.99. The number of nitrogens with zero attached hydrogens (tertiary/aromatic N) is 3. The van der Waals surface area contributed by atoms with E-state index in [9.17, 15) is 0 Å². The van der Waals surface area contributed by atoms with Gasteiger partial charge in [0.2, 0.25) is 0 Å². The first-order valence-corrected chi connectivity index (χ1v) is 11.6. The summed E-state index contributed by atoms with van der Waals surface area (Å²) in [6.07, 6.45) is 4.66. The molecule has 0 unspecified atom stereocenters. The van der Waals surface area contributed by atoms with E-state index in [2.05, 4.69) is 74.7 Å². The Morgan fingerprint density at radius 2 is 1.62 bits per heavy atom. The van der Waals surface area contributed by atoms with Gasteiger partial charge in [-0.2, -0.15) is 0 Å². The van der Waals surface area contributed by atoms with Gasteiger partial charge in [-0.15, -0.1) is 22.6 Å². The number of fused-ring (bicyclic) bond motifs is 4. The molecule has 164 valence electrons. The highest BCUT2D eigenvalue weighted by atomic mass is 35.5. The van der Waals surface area contributed by atoms with Gasteiger partial charge in [0.15, 0.2) is 5.82 Å². The van der Waals surface area contributed by atoms with Gasteiger partial charge in [0.1, 0.15) is 5.82 Å². The van der Waals surface area contributed by atoms with E-state index in [1.807, 2.05) is 6.07 Å². The molecule has 2 aliphatic rings. The van der Waals surface area contributed by atoms with Crippen molar-refractivity contribution in [2.24, 2.45) is 0 Å². The fourth-order valence-electron chi connectivity index (χ4n) is 5.46. The molecular formula is C26H26Cl2N4. The Balaban J connectivity index is 0.00000216. The molecule has 0 atom stereocenters. The van der Waals surface area contributed by atoms with Crippen LogP contribution in [0.25, 0.3) is 16.5 Å². The number of aromatic nitrogens is 3. The van der Waals surface area contributed by atoms with Crippen molar-refractivity contribution >= 4 is 34.8 Å². The molecule has 0 spiro atoms. The summed E-state index contributed by atoms with van der Waals surface area (Å²) < 4.78 is 2.29. The van der Waals surface area contributed by atoms with E-state index in [4.69, 9.17) is 11.6 Å². The Morgan fingerprint density at radius 3 is 2.50 bits per heavy atom. The van der Waals surface area contributed by atoms with E-state index in [1.165, 1.54) is 40.4 Å². The van der Waals surface area contributed by atoms with Crippen LogP contribution in [0.2, 0.25) is 5.02 Å². The summed E-state index contributed by atoms with van der Waals surface area (Å²) in [6.45, 7) is 1.52. The summed E-state index contributed by atoms with van der Waals surface area (Å²) >= 11 is 6.27. The second kappa shape index (κ2) is 8.86. The van der Waals surface area contributed by atoms with Gasteiger partial charge < -0.3 is 5.32 Å². The van der Waals surface area contributed by atoms with Crippen molar-refractivity contribution < 1.29 is 0 Å². The quantitative estimate of drug-likeness (QED) is 0.366. The molecule has 6 heteroatoms. The molecule has 1 saturated carbocycles. The highest BCUT2D eigenvalue weighted by Crippen LogP contribution is 2.42. The zero-order valence-electron chi connectivity index (χ0n) is 17.8. The molecule has 4 nitrogen and oxygen atoms in total. The molecule has 3 aromatic carbocycles. The van der Waals surface area contributed by atoms with Crippen molar-refractivity contribution in [1.82, 2.24) is 20.1 Å². The molecule has 4 aromatic rings. The lowest BCUT2D eigenvalue weighted by molar-refractivity contribution is 0.383. The van der Waals surface area contributed by atoms with Crippen molar-refractivity contribution in [2.45, 2.75) is 50.6 Å². The first kappa shape index (κ1) is 21.4. The number of nitrogens with one attached hydrogen (secondary N) is 1. The van der Waals surface area contributed by atoms with E-state index >= 15 is 0 Å². The molecule has 2 heterocycles. The lowest BCUT2D eigenvalue weighted by Crippen LogP contribution is -2.17. The predicted molar refractivity (Wildman–Crippen MR) is 132 cm³/mol. The zero-order chi connectivity index (χ0) is 20.8. The highest BCUT2D eigenvalue weighted by molar-refractivity contribution is 6.30. The van der Waals surface area contributed by atoms with Crippen LogP contribution in [0.5, 0.6) is 0 Å². The van der Waals surface area contributed by atoms with Gasteiger partial charge >= 0.3 is 0 Å². The van der Waals surface area contributed by atoms with E-state index < -0.39 is 0 Å². The van der Waals surface area contributed by atoms with Crippen molar-refractivity contribution in [2.75, 3.05) is 0 Å². The Labute approximate surface area is 199 Å². The fourth-order valence-corrected chi connectivity index (χ4v) is 5.66. The minimum atomic E-state index is 0. The summed E-state index contributed by atoms with van der Waals surface area (Å²) in [5, 5.41) is 16.2. The van der Waals surface area contributed by atoms with Gasteiger partial charge in [-0.3, -0.25) is 4.57 Å². The molecule has 32 heavy (non-hydrogen) atoms. The summed E-state index contributed by atoms with van der Waals surface area (Å²) in [7, 11) is 0. The minimum absolute atomic E-state index is 0. The number of hydrogen-bond acceptors (Lipinski definition) is 3. The standard InChI is InChI=1S/C26H25ClN4.ClH/c27-21-12-13-24-20(14-21)15-28-16-25-29-30-26(31(24)25)19-10-8-18(9-11-19)23-7-3-5-17-4-1-2-6-22(17)23;/h1-7,12-14,18-19,28H,8-11,15-16H2;1H. The second-order valence-corrected chi connectivity index (χ2v) is 9.24. The van der Waals surface area contributed by atoms with Crippen LogP contribution in [0.1, 0.15) is 60.3 Å². The molecule has 0 amide bonds. The number of benzene rings is 3. The van der Waals surface area contributed by atoms with E-state index in [-0.39, 0.29) is 12.4 Å². The largest absolute Gasteiger partial charge is 0.306 e. The summed E-state index contributed by atoms with van der Waals surface area (Å²) in [5.41, 5.74) is 3.87. The molecule has 0 saturated heterocycles. The topological polar surface area (TPSA) is 42.7 Å². The van der Waals surface area contributed by atoms with E-state index in [0.29, 0.717) is 11.8 Å². The first-order chi connectivity index (χ1) is 15.3. The fraction of sp³-hybridized carbons (Fsp3) is 0.308. The monoisotopic (exact) mass is 464 g/mol. The Hall–Kier alpha value is -2.40. The van der Waals surface area contributed by atoms with Gasteiger partial charge in [0, 0.05) is 17.5 Å². The minimum Gasteiger partial charge on any atom is -0.306 e. The normalized spacial score (nSPS) is 20.2. The van der Waals surface area contributed by atoms with E-state index in [1.54, 1.807) is 0 Å². The Morgan fingerprint density at radius 1 is 0.844 bits per heavy atom. The van der Waals surface area contributed by atoms with Crippen LogP contribution in [-0.2, 0) is 13.1 Å². The third-order valence-corrected chi connectivity index (χ3v) is 7.23. The molecule has 6 rings (SSSR count). The van der Waals surface area contributed by atoms with Gasteiger partial charge in [-0.25, -0.2) is 0 Å². The SMILES string of the molecule is Cl.Clc1ccc2c(c1)CNCc1nnc(C3CCC(c4cccc5ccccc45)CC3)n1-2. The second-order valence-electron chi connectivity index (χ2n) is 8.80. The van der Waals surface area contributed by atoms with Crippen LogP contribution in [0, 0.1) is 0 Å². The molecule has 1 aliphatic heterocycles. The number of hydrogen-bond donors (Lipinski definition) is 1. The van der Waals surface area contributed by atoms with Crippen molar-refractivity contribution in [3.8, 4) is 5.69 Å². The number of rotatable bonds is 2. The van der Waals surface area contributed by atoms with Crippen molar-refractivity contribution in [1.29, 1.82) is 0 Å². The lowest BCUT2D eigenvalue weighted by Gasteiger charge is -2.29. The molecule has 0 radical (unpaired) electrons. The number of halogens is 2. The molecule has 1 aromatic heterocycles. The molecule has 0 bridgehead atoms. The first-order valence-electron chi connectivity index (χ1n) is 11.2. The van der Waals surface area contributed by atoms with Crippen LogP contribution in [-0.4, -0.2) is 14.8 Å². The maximum absolute atomic E-state index is 6.27. The van der Waals surface area contributed by atoms with Gasteiger partial charge in [0.25, 0.3) is 0 Å². The van der Waals surface area contributed by atoms with Crippen LogP contribution in [0.3, 0.4) is 0 Å². The average Bonchev–Trinajstić information content (AvgIpc) is 3.14. The van der Waals surface area contributed by atoms with Crippen LogP contribution < -0.4 is 5.32 Å². The zero-order valence-corrected chi connectivity index (χ0v) is 19.4. The van der Waals surface area contributed by atoms with Crippen molar-refractivity contribution in [3.63, 3.8) is 0 Å². The molecule has 1 N–H and O–H groups in total. The average molecular weight is 465 g/mol. The smallest absolute Gasteiger partial charge is 0.151 e. The van der Waals surface area contributed by atoms with Gasteiger partial charge in [-0.05, 0) is 71.7 Å². The summed E-state index contributed by atoms with van der Waals surface area (Å²) in [4.78, 5) is 0. The third kappa shape index (κ3) is 3.71. The van der Waals surface area contributed by atoms with E-state index in [0.717, 1.165) is 42.6 Å². The molecule has 1 fully saturated rings. The van der Waals surface area contributed by atoms with Crippen LogP contribution in [0.4, 0.5) is 0 Å². The Bertz CT molecular complexity index is 1250. The Kier molecular flexibility index (Phi) is 5.93. The lowest BCUT2D eigenvalue weighted by atomic mass is 9.77. The summed E-state index contributed by atoms with van der Waals surface area (Å²) in [5.74, 6) is 3.15. The predicted octanol–water partition coefficient (Wildman–Crippen LogP) is 6.54. The van der Waals surface area contributed by atoms with Crippen molar-refractivity contribution in [3.05, 3.63) is 88.5 Å². The molecular weight excluding hydrogens is 439 g/mol. The highest BCUT2D eigenvalue weighted by Gasteiger charge is 2.30. The maximum Gasteiger partial charge on any atom is 0.151 e. The molecule has 1 aliphatic carbocycles. The van der Waals surface area contributed by atoms with Gasteiger partial charge in [-0.1, -0.05) is 54.1 Å².